The van der Waals surface area contributed by atoms with Crippen LogP contribution in [0.2, 0.25) is 5.02 Å². The number of aliphatic hydroxyl groups excluding tert-OH is 3. The molecule has 3 aromatic rings. The SMILES string of the molecule is CCOc1ccc(Cc2cc([C@@H]3O[C@H](C=NCC(=O)c4ccsc4)[C@@H](O)[C@H](O)[C@H]3O)ccc2Cl)cc1. The average Bonchev–Trinajstić information content (AvgIpc) is 3.42. The zero-order valence-corrected chi connectivity index (χ0v) is 21.2. The Balaban J connectivity index is 1.49. The van der Waals surface area contributed by atoms with E-state index >= 15 is 0 Å². The minimum atomic E-state index is -1.46. The second-order valence-electron chi connectivity index (χ2n) is 8.52. The fourth-order valence-electron chi connectivity index (χ4n) is 4.06. The molecule has 7 nitrogen and oxygen atoms in total. The number of hydrogen-bond acceptors (Lipinski definition) is 8. The standard InChI is InChI=1S/C27H28ClNO6S/c1-2-34-20-6-3-16(4-7-20)11-19-12-17(5-8-21(19)28)27-26(33)25(32)24(31)23(35-27)14-29-13-22(30)18-9-10-36-15-18/h3-10,12,14-15,23-27,31-33H,2,11,13H2,1H3/t23-,24-,25+,26-,27+/m1/s1. The number of carbonyl (C=O) groups is 1. The predicted molar refractivity (Wildman–Crippen MR) is 140 cm³/mol. The molecule has 2 heterocycles. The van der Waals surface area contributed by atoms with Gasteiger partial charge >= 0.3 is 0 Å². The van der Waals surface area contributed by atoms with Gasteiger partial charge in [-0.1, -0.05) is 35.9 Å². The molecule has 36 heavy (non-hydrogen) atoms. The zero-order valence-electron chi connectivity index (χ0n) is 19.7. The Morgan fingerprint density at radius 3 is 2.58 bits per heavy atom. The number of benzene rings is 2. The van der Waals surface area contributed by atoms with Crippen LogP contribution in [0.1, 0.15) is 40.1 Å². The zero-order chi connectivity index (χ0) is 25.7. The lowest BCUT2D eigenvalue weighted by atomic mass is 9.90. The van der Waals surface area contributed by atoms with E-state index in [0.29, 0.717) is 29.2 Å². The Morgan fingerprint density at radius 1 is 1.11 bits per heavy atom. The van der Waals surface area contributed by atoms with Crippen LogP contribution < -0.4 is 4.74 Å². The van der Waals surface area contributed by atoms with E-state index in [4.69, 9.17) is 21.1 Å². The summed E-state index contributed by atoms with van der Waals surface area (Å²) in [6.07, 6.45) is -4.30. The van der Waals surface area contributed by atoms with Gasteiger partial charge in [0.25, 0.3) is 0 Å². The average molecular weight is 530 g/mol. The second-order valence-corrected chi connectivity index (χ2v) is 9.71. The Kier molecular flexibility index (Phi) is 8.90. The largest absolute Gasteiger partial charge is 0.494 e. The Labute approximate surface area is 218 Å². The quantitative estimate of drug-likeness (QED) is 0.287. The van der Waals surface area contributed by atoms with E-state index < -0.39 is 30.5 Å². The number of ketones is 1. The lowest BCUT2D eigenvalue weighted by molar-refractivity contribution is -0.205. The second kappa shape index (κ2) is 12.1. The molecule has 0 aliphatic carbocycles. The summed E-state index contributed by atoms with van der Waals surface area (Å²) in [7, 11) is 0. The van der Waals surface area contributed by atoms with E-state index in [0.717, 1.165) is 16.9 Å². The van der Waals surface area contributed by atoms with Crippen molar-refractivity contribution in [1.29, 1.82) is 0 Å². The first-order valence-corrected chi connectivity index (χ1v) is 12.9. The first-order valence-electron chi connectivity index (χ1n) is 11.6. The van der Waals surface area contributed by atoms with Gasteiger partial charge in [0.05, 0.1) is 6.61 Å². The van der Waals surface area contributed by atoms with Gasteiger partial charge in [0.1, 0.15) is 42.8 Å². The summed E-state index contributed by atoms with van der Waals surface area (Å²) in [5.74, 6) is 0.628. The van der Waals surface area contributed by atoms with Gasteiger partial charge in [0.2, 0.25) is 0 Å². The van der Waals surface area contributed by atoms with Crippen molar-refractivity contribution in [1.82, 2.24) is 0 Å². The third-order valence-corrected chi connectivity index (χ3v) is 7.06. The van der Waals surface area contributed by atoms with Crippen LogP contribution in [0.4, 0.5) is 0 Å². The summed E-state index contributed by atoms with van der Waals surface area (Å²) >= 11 is 7.87. The van der Waals surface area contributed by atoms with Gasteiger partial charge in [-0.2, -0.15) is 11.3 Å². The third kappa shape index (κ3) is 6.21. The smallest absolute Gasteiger partial charge is 0.185 e. The highest BCUT2D eigenvalue weighted by Crippen LogP contribution is 2.34. The summed E-state index contributed by atoms with van der Waals surface area (Å²) in [5, 5.41) is 35.7. The molecule has 0 amide bonds. The Morgan fingerprint density at radius 2 is 1.89 bits per heavy atom. The number of rotatable bonds is 9. The van der Waals surface area contributed by atoms with Gasteiger partial charge < -0.3 is 24.8 Å². The van der Waals surface area contributed by atoms with Crippen LogP contribution in [0.5, 0.6) is 5.75 Å². The summed E-state index contributed by atoms with van der Waals surface area (Å²) in [6, 6.07) is 14.7. The summed E-state index contributed by atoms with van der Waals surface area (Å²) in [4.78, 5) is 16.3. The van der Waals surface area contributed by atoms with Crippen molar-refractivity contribution in [3.63, 3.8) is 0 Å². The van der Waals surface area contributed by atoms with Crippen LogP contribution in [0, 0.1) is 0 Å². The summed E-state index contributed by atoms with van der Waals surface area (Å²) in [6.45, 7) is 2.41. The lowest BCUT2D eigenvalue weighted by Crippen LogP contribution is -2.54. The van der Waals surface area contributed by atoms with E-state index in [1.54, 1.807) is 23.6 Å². The highest BCUT2D eigenvalue weighted by Gasteiger charge is 2.43. The molecule has 2 aromatic carbocycles. The van der Waals surface area contributed by atoms with Gasteiger partial charge in [0, 0.05) is 22.2 Å². The molecular formula is C27H28ClNO6S. The molecule has 1 saturated heterocycles. The lowest BCUT2D eigenvalue weighted by Gasteiger charge is -2.39. The van der Waals surface area contributed by atoms with E-state index in [9.17, 15) is 20.1 Å². The van der Waals surface area contributed by atoms with Crippen molar-refractivity contribution in [3.05, 3.63) is 86.6 Å². The van der Waals surface area contributed by atoms with Gasteiger partial charge in [-0.25, -0.2) is 0 Å². The first-order chi connectivity index (χ1) is 17.4. The minimum Gasteiger partial charge on any atom is -0.494 e. The number of aliphatic imine (C=N–C) groups is 1. The molecule has 4 rings (SSSR count). The van der Waals surface area contributed by atoms with Gasteiger partial charge in [0.15, 0.2) is 5.78 Å². The fraction of sp³-hybridized carbons (Fsp3) is 0.333. The fourth-order valence-corrected chi connectivity index (χ4v) is 4.90. The molecule has 0 bridgehead atoms. The molecule has 0 unspecified atom stereocenters. The molecule has 1 aliphatic rings. The van der Waals surface area contributed by atoms with E-state index in [1.165, 1.54) is 17.6 Å². The number of Topliss-reactive ketones (excluding diaryl/α,β-unsaturated/α-hetero) is 1. The predicted octanol–water partition coefficient (Wildman–Crippen LogP) is 3.87. The number of thiophene rings is 1. The van der Waals surface area contributed by atoms with Crippen molar-refractivity contribution in [3.8, 4) is 5.75 Å². The van der Waals surface area contributed by atoms with Crippen molar-refractivity contribution < 1.29 is 29.6 Å². The molecule has 5 atom stereocenters. The number of aliphatic hydroxyl groups is 3. The maximum atomic E-state index is 12.2. The molecule has 1 aliphatic heterocycles. The van der Waals surface area contributed by atoms with Crippen molar-refractivity contribution in [2.24, 2.45) is 4.99 Å². The third-order valence-electron chi connectivity index (χ3n) is 6.01. The molecule has 1 aromatic heterocycles. The van der Waals surface area contributed by atoms with Crippen LogP contribution >= 0.6 is 22.9 Å². The maximum Gasteiger partial charge on any atom is 0.185 e. The summed E-state index contributed by atoms with van der Waals surface area (Å²) < 4.78 is 11.4. The van der Waals surface area contributed by atoms with E-state index in [2.05, 4.69) is 4.99 Å². The van der Waals surface area contributed by atoms with Crippen molar-refractivity contribution in [2.75, 3.05) is 13.2 Å². The van der Waals surface area contributed by atoms with Crippen molar-refractivity contribution in [2.45, 2.75) is 43.9 Å². The minimum absolute atomic E-state index is 0.111. The number of ether oxygens (including phenoxy) is 2. The van der Waals surface area contributed by atoms with Gasteiger partial charge in [-0.15, -0.1) is 0 Å². The topological polar surface area (TPSA) is 109 Å². The molecule has 0 saturated carbocycles. The summed E-state index contributed by atoms with van der Waals surface area (Å²) in [5.41, 5.74) is 3.02. The van der Waals surface area contributed by atoms with E-state index in [-0.39, 0.29) is 12.3 Å². The van der Waals surface area contributed by atoms with Gasteiger partial charge in [-0.3, -0.25) is 9.79 Å². The molecule has 1 fully saturated rings. The molecule has 9 heteroatoms. The maximum absolute atomic E-state index is 12.2. The number of nitrogens with zero attached hydrogens (tertiary/aromatic N) is 1. The van der Waals surface area contributed by atoms with Crippen LogP contribution in [0.25, 0.3) is 0 Å². The molecular weight excluding hydrogens is 502 g/mol. The molecule has 0 spiro atoms. The number of carbonyl (C=O) groups excluding carboxylic acids is 1. The molecule has 190 valence electrons. The van der Waals surface area contributed by atoms with Crippen LogP contribution in [-0.4, -0.2) is 64.9 Å². The van der Waals surface area contributed by atoms with Gasteiger partial charge in [-0.05, 0) is 59.7 Å². The highest BCUT2D eigenvalue weighted by atomic mass is 35.5. The normalized spacial score (nSPS) is 24.2. The number of hydrogen-bond donors (Lipinski definition) is 3. The molecule has 0 radical (unpaired) electrons. The number of halogens is 1. The van der Waals surface area contributed by atoms with Crippen LogP contribution in [0.15, 0.2) is 64.3 Å². The Bertz CT molecular complexity index is 1180. The van der Waals surface area contributed by atoms with Crippen LogP contribution in [-0.2, 0) is 11.2 Å². The van der Waals surface area contributed by atoms with Crippen molar-refractivity contribution >= 4 is 34.9 Å². The highest BCUT2D eigenvalue weighted by molar-refractivity contribution is 7.08. The first kappa shape index (κ1) is 26.5. The molecule has 3 N–H and O–H groups in total. The Hall–Kier alpha value is -2.59. The van der Waals surface area contributed by atoms with Crippen LogP contribution in [0.3, 0.4) is 0 Å². The van der Waals surface area contributed by atoms with E-state index in [1.807, 2.05) is 42.6 Å². The monoisotopic (exact) mass is 529 g/mol.